The Morgan fingerprint density at radius 3 is 2.26 bits per heavy atom. The van der Waals surface area contributed by atoms with E-state index in [1.54, 1.807) is 0 Å². The number of carbonyl (C=O) groups is 1. The second-order valence-electron chi connectivity index (χ2n) is 5.98. The highest BCUT2D eigenvalue weighted by molar-refractivity contribution is 7.89. The Morgan fingerprint density at radius 1 is 1.19 bits per heavy atom. The van der Waals surface area contributed by atoms with Crippen LogP contribution in [0.2, 0.25) is 0 Å². The summed E-state index contributed by atoms with van der Waals surface area (Å²) in [4.78, 5) is 12.3. The molecule has 144 valence electrons. The number of sulfonamides is 1. The Morgan fingerprint density at radius 2 is 1.78 bits per heavy atom. The molecule has 0 aliphatic rings. The molecule has 0 aliphatic heterocycles. The molecule has 0 fully saturated rings. The van der Waals surface area contributed by atoms with Crippen LogP contribution in [0.5, 0.6) is 0 Å². The molecule has 1 amide bonds. The quantitative estimate of drug-likeness (QED) is 0.660. The predicted molar refractivity (Wildman–Crippen MR) is 102 cm³/mol. The summed E-state index contributed by atoms with van der Waals surface area (Å²) in [7, 11) is -3.71. The highest BCUT2D eigenvalue weighted by atomic mass is 32.2. The van der Waals surface area contributed by atoms with Crippen molar-refractivity contribution in [3.8, 4) is 0 Å². The minimum Gasteiger partial charge on any atom is -0.408 e. The van der Waals surface area contributed by atoms with Gasteiger partial charge in [0.2, 0.25) is 15.9 Å². The molecule has 0 atom stereocenters. The van der Waals surface area contributed by atoms with Crippen molar-refractivity contribution in [2.75, 3.05) is 18.4 Å². The molecule has 0 aliphatic carbocycles. The van der Waals surface area contributed by atoms with Gasteiger partial charge in [0.1, 0.15) is 0 Å². The van der Waals surface area contributed by atoms with E-state index in [9.17, 15) is 13.2 Å². The first-order valence-corrected chi connectivity index (χ1v) is 9.70. The standard InChI is InChI=1S/C18H22N4O4S/c1-5-11-22(12-6-2)27(24,25)15-9-7-14(8-10-15)16(23)19-18-21-20-17(26-18)13(3)4/h5-10,13H,1-2,11-12H2,3-4H3,(H,19,21,23). The number of anilines is 1. The number of carbonyl (C=O) groups excluding carboxylic acids is 1. The van der Waals surface area contributed by atoms with Crippen LogP contribution in [0.4, 0.5) is 6.01 Å². The molecule has 1 aromatic heterocycles. The van der Waals surface area contributed by atoms with Crippen LogP contribution in [-0.4, -0.2) is 41.9 Å². The number of aromatic nitrogens is 2. The summed E-state index contributed by atoms with van der Waals surface area (Å²) < 4.78 is 31.9. The van der Waals surface area contributed by atoms with Crippen LogP contribution >= 0.6 is 0 Å². The van der Waals surface area contributed by atoms with Gasteiger partial charge >= 0.3 is 6.01 Å². The maximum Gasteiger partial charge on any atom is 0.322 e. The third-order valence-corrected chi connectivity index (χ3v) is 5.42. The highest BCUT2D eigenvalue weighted by Gasteiger charge is 2.23. The molecule has 0 saturated carbocycles. The fourth-order valence-corrected chi connectivity index (χ4v) is 3.56. The first kappa shape index (κ1) is 20.5. The molecule has 1 N–H and O–H groups in total. The van der Waals surface area contributed by atoms with E-state index in [0.717, 1.165) is 0 Å². The molecule has 0 saturated heterocycles. The average molecular weight is 390 g/mol. The van der Waals surface area contributed by atoms with Crippen LogP contribution in [0.3, 0.4) is 0 Å². The minimum atomic E-state index is -3.71. The van der Waals surface area contributed by atoms with E-state index >= 15 is 0 Å². The topological polar surface area (TPSA) is 105 Å². The third-order valence-electron chi connectivity index (χ3n) is 3.57. The zero-order valence-corrected chi connectivity index (χ0v) is 16.1. The van der Waals surface area contributed by atoms with Crippen molar-refractivity contribution >= 4 is 21.9 Å². The fourth-order valence-electron chi connectivity index (χ4n) is 2.17. The SMILES string of the molecule is C=CCN(CC=C)S(=O)(=O)c1ccc(C(=O)Nc2nnc(C(C)C)o2)cc1. The Labute approximate surface area is 158 Å². The lowest BCUT2D eigenvalue weighted by atomic mass is 10.2. The summed E-state index contributed by atoms with van der Waals surface area (Å²) in [5.74, 6) is -0.0232. The molecular weight excluding hydrogens is 368 g/mol. The number of hydrogen-bond acceptors (Lipinski definition) is 6. The molecule has 1 heterocycles. The molecule has 0 unspecified atom stereocenters. The zero-order chi connectivity index (χ0) is 20.0. The lowest BCUT2D eigenvalue weighted by Gasteiger charge is -2.19. The Balaban J connectivity index is 2.16. The summed E-state index contributed by atoms with van der Waals surface area (Å²) in [6, 6.07) is 5.57. The van der Waals surface area contributed by atoms with Gasteiger partial charge < -0.3 is 4.42 Å². The summed E-state index contributed by atoms with van der Waals surface area (Å²) >= 11 is 0. The maximum atomic E-state index is 12.6. The monoisotopic (exact) mass is 390 g/mol. The normalized spacial score (nSPS) is 11.6. The Kier molecular flexibility index (Phi) is 6.65. The molecule has 0 spiro atoms. The number of nitrogens with one attached hydrogen (secondary N) is 1. The van der Waals surface area contributed by atoms with Crippen molar-refractivity contribution in [3.63, 3.8) is 0 Å². The first-order chi connectivity index (χ1) is 12.8. The van der Waals surface area contributed by atoms with Crippen LogP contribution in [0.15, 0.2) is 58.9 Å². The molecule has 1 aromatic carbocycles. The van der Waals surface area contributed by atoms with E-state index in [1.807, 2.05) is 13.8 Å². The molecule has 0 bridgehead atoms. The Bertz CT molecular complexity index is 907. The summed E-state index contributed by atoms with van der Waals surface area (Å²) in [6.45, 7) is 11.2. The van der Waals surface area contributed by atoms with E-state index in [1.165, 1.54) is 40.7 Å². The number of rotatable bonds is 9. The largest absolute Gasteiger partial charge is 0.408 e. The van der Waals surface area contributed by atoms with Crippen LogP contribution in [-0.2, 0) is 10.0 Å². The number of amides is 1. The zero-order valence-electron chi connectivity index (χ0n) is 15.3. The van der Waals surface area contributed by atoms with Gasteiger partial charge in [0, 0.05) is 24.6 Å². The van der Waals surface area contributed by atoms with Crippen LogP contribution < -0.4 is 5.32 Å². The van der Waals surface area contributed by atoms with Gasteiger partial charge in [0.25, 0.3) is 5.91 Å². The van der Waals surface area contributed by atoms with Crippen molar-refractivity contribution < 1.29 is 17.6 Å². The van der Waals surface area contributed by atoms with E-state index in [4.69, 9.17) is 4.42 Å². The first-order valence-electron chi connectivity index (χ1n) is 8.26. The van der Waals surface area contributed by atoms with Gasteiger partial charge in [-0.1, -0.05) is 31.1 Å². The van der Waals surface area contributed by atoms with E-state index < -0.39 is 15.9 Å². The van der Waals surface area contributed by atoms with Crippen molar-refractivity contribution in [2.24, 2.45) is 0 Å². The van der Waals surface area contributed by atoms with Crippen molar-refractivity contribution in [2.45, 2.75) is 24.7 Å². The van der Waals surface area contributed by atoms with Gasteiger partial charge in [-0.05, 0) is 24.3 Å². The maximum absolute atomic E-state index is 12.6. The number of hydrogen-bond donors (Lipinski definition) is 1. The van der Waals surface area contributed by atoms with E-state index in [-0.39, 0.29) is 35.5 Å². The average Bonchev–Trinajstić information content (AvgIpc) is 3.10. The van der Waals surface area contributed by atoms with Gasteiger partial charge in [-0.2, -0.15) is 4.31 Å². The van der Waals surface area contributed by atoms with Gasteiger partial charge in [-0.25, -0.2) is 8.42 Å². The van der Waals surface area contributed by atoms with Crippen molar-refractivity contribution in [3.05, 3.63) is 61.0 Å². The third kappa shape index (κ3) is 4.89. The predicted octanol–water partition coefficient (Wildman–Crippen LogP) is 2.81. The van der Waals surface area contributed by atoms with E-state index in [2.05, 4.69) is 28.7 Å². The number of nitrogens with zero attached hydrogens (tertiary/aromatic N) is 3. The van der Waals surface area contributed by atoms with Crippen molar-refractivity contribution in [1.29, 1.82) is 0 Å². The van der Waals surface area contributed by atoms with Crippen LogP contribution in [0.25, 0.3) is 0 Å². The molecule has 0 radical (unpaired) electrons. The van der Waals surface area contributed by atoms with E-state index in [0.29, 0.717) is 5.89 Å². The van der Waals surface area contributed by atoms with Crippen LogP contribution in [0, 0.1) is 0 Å². The lowest BCUT2D eigenvalue weighted by molar-refractivity contribution is 0.102. The summed E-state index contributed by atoms with van der Waals surface area (Å²) in [5, 5.41) is 10.1. The Hall–Kier alpha value is -2.78. The van der Waals surface area contributed by atoms with Gasteiger partial charge in [0.15, 0.2) is 0 Å². The fraction of sp³-hybridized carbons (Fsp3) is 0.278. The second kappa shape index (κ2) is 8.74. The molecule has 8 nitrogen and oxygen atoms in total. The highest BCUT2D eigenvalue weighted by Crippen LogP contribution is 2.18. The molecule has 2 aromatic rings. The lowest BCUT2D eigenvalue weighted by Crippen LogP contribution is -2.31. The van der Waals surface area contributed by atoms with Gasteiger partial charge in [-0.15, -0.1) is 18.3 Å². The molecule has 27 heavy (non-hydrogen) atoms. The molecule has 9 heteroatoms. The van der Waals surface area contributed by atoms with Gasteiger partial charge in [-0.3, -0.25) is 10.1 Å². The van der Waals surface area contributed by atoms with Gasteiger partial charge in [0.05, 0.1) is 4.90 Å². The molecular formula is C18H22N4O4S. The summed E-state index contributed by atoms with van der Waals surface area (Å²) in [6.07, 6.45) is 3.00. The second-order valence-corrected chi connectivity index (χ2v) is 7.92. The smallest absolute Gasteiger partial charge is 0.322 e. The van der Waals surface area contributed by atoms with Crippen molar-refractivity contribution in [1.82, 2.24) is 14.5 Å². The number of benzene rings is 1. The van der Waals surface area contributed by atoms with Crippen LogP contribution in [0.1, 0.15) is 36.0 Å². The minimum absolute atomic E-state index is 0.0106. The summed E-state index contributed by atoms with van der Waals surface area (Å²) in [5.41, 5.74) is 0.261. The molecule has 2 rings (SSSR count).